The smallest absolute Gasteiger partial charge is 0.408 e. The number of carbonyl (C=O) groups excluding carboxylic acids is 2. The molecular formula is C19H18N4O4. The molecule has 0 radical (unpaired) electrons. The second kappa shape index (κ2) is 7.06. The summed E-state index contributed by atoms with van der Waals surface area (Å²) >= 11 is 0. The molecule has 8 heteroatoms. The van der Waals surface area contributed by atoms with Crippen LogP contribution in [0.1, 0.15) is 16.1 Å². The number of oxazole rings is 1. The lowest BCUT2D eigenvalue weighted by molar-refractivity contribution is -0.131. The zero-order valence-corrected chi connectivity index (χ0v) is 14.6. The lowest BCUT2D eigenvalue weighted by Gasteiger charge is -2.34. The molecule has 0 aliphatic carbocycles. The number of H-pyrrole nitrogens is 1. The van der Waals surface area contributed by atoms with Crippen molar-refractivity contribution in [3.63, 3.8) is 0 Å². The number of piperazine rings is 1. The summed E-state index contributed by atoms with van der Waals surface area (Å²) in [5, 5.41) is 0. The predicted molar refractivity (Wildman–Crippen MR) is 97.3 cm³/mol. The fourth-order valence-electron chi connectivity index (χ4n) is 3.21. The van der Waals surface area contributed by atoms with E-state index in [0.717, 1.165) is 5.56 Å². The van der Waals surface area contributed by atoms with E-state index >= 15 is 0 Å². The Kier molecular flexibility index (Phi) is 4.45. The minimum Gasteiger partial charge on any atom is -0.408 e. The molecule has 0 atom stereocenters. The Balaban J connectivity index is 1.36. The molecule has 1 aliphatic rings. The third kappa shape index (κ3) is 3.59. The highest BCUT2D eigenvalue weighted by Gasteiger charge is 2.25. The number of amides is 2. The van der Waals surface area contributed by atoms with Gasteiger partial charge in [-0.1, -0.05) is 12.1 Å². The zero-order valence-electron chi connectivity index (χ0n) is 14.6. The highest BCUT2D eigenvalue weighted by Crippen LogP contribution is 2.14. The van der Waals surface area contributed by atoms with E-state index in [1.807, 2.05) is 0 Å². The third-order valence-corrected chi connectivity index (χ3v) is 4.64. The van der Waals surface area contributed by atoms with Crippen LogP contribution in [0.5, 0.6) is 0 Å². The fourth-order valence-corrected chi connectivity index (χ4v) is 3.21. The number of nitrogens with one attached hydrogen (secondary N) is 1. The number of carbonyl (C=O) groups is 2. The normalized spacial score (nSPS) is 14.5. The highest BCUT2D eigenvalue weighted by atomic mass is 16.4. The molecule has 1 saturated heterocycles. The number of rotatable bonds is 3. The quantitative estimate of drug-likeness (QED) is 0.747. The molecule has 1 fully saturated rings. The van der Waals surface area contributed by atoms with Crippen molar-refractivity contribution in [1.29, 1.82) is 0 Å². The van der Waals surface area contributed by atoms with Crippen LogP contribution in [0.3, 0.4) is 0 Å². The average Bonchev–Trinajstić information content (AvgIpc) is 3.07. The number of hydrogen-bond acceptors (Lipinski definition) is 5. The van der Waals surface area contributed by atoms with Crippen molar-refractivity contribution in [2.45, 2.75) is 6.42 Å². The van der Waals surface area contributed by atoms with Gasteiger partial charge in [0.25, 0.3) is 5.91 Å². The Morgan fingerprint density at radius 1 is 1.07 bits per heavy atom. The molecule has 1 N–H and O–H groups in total. The molecule has 0 bridgehead atoms. The third-order valence-electron chi connectivity index (χ3n) is 4.64. The molecule has 0 unspecified atom stereocenters. The average molecular weight is 366 g/mol. The van der Waals surface area contributed by atoms with Crippen molar-refractivity contribution < 1.29 is 14.0 Å². The fraction of sp³-hybridized carbons (Fsp3) is 0.263. The molecular weight excluding hydrogens is 348 g/mol. The second-order valence-electron chi connectivity index (χ2n) is 6.41. The number of hydrogen-bond donors (Lipinski definition) is 1. The summed E-state index contributed by atoms with van der Waals surface area (Å²) in [6.45, 7) is 1.94. The van der Waals surface area contributed by atoms with Gasteiger partial charge in [0.15, 0.2) is 5.58 Å². The number of benzene rings is 1. The monoisotopic (exact) mass is 366 g/mol. The van der Waals surface area contributed by atoms with E-state index < -0.39 is 5.76 Å². The summed E-state index contributed by atoms with van der Waals surface area (Å²) in [4.78, 5) is 46.4. The first kappa shape index (κ1) is 17.0. The van der Waals surface area contributed by atoms with E-state index in [4.69, 9.17) is 4.42 Å². The van der Waals surface area contributed by atoms with Crippen LogP contribution in [-0.2, 0) is 11.2 Å². The number of nitrogens with zero attached hydrogens (tertiary/aromatic N) is 3. The summed E-state index contributed by atoms with van der Waals surface area (Å²) in [6, 6.07) is 10.4. The number of aromatic amines is 1. The molecule has 1 aliphatic heterocycles. The Morgan fingerprint density at radius 2 is 1.85 bits per heavy atom. The molecule has 2 amide bonds. The van der Waals surface area contributed by atoms with Gasteiger partial charge in [0, 0.05) is 32.4 Å². The van der Waals surface area contributed by atoms with Crippen LogP contribution in [0, 0.1) is 0 Å². The summed E-state index contributed by atoms with van der Waals surface area (Å²) in [6.07, 6.45) is 1.83. The predicted octanol–water partition coefficient (Wildman–Crippen LogP) is 1.04. The number of pyridine rings is 1. The van der Waals surface area contributed by atoms with Crippen LogP contribution >= 0.6 is 0 Å². The van der Waals surface area contributed by atoms with Crippen LogP contribution in [0.25, 0.3) is 11.1 Å². The van der Waals surface area contributed by atoms with E-state index in [0.29, 0.717) is 43.0 Å². The van der Waals surface area contributed by atoms with E-state index in [1.165, 1.54) is 0 Å². The van der Waals surface area contributed by atoms with Gasteiger partial charge in [-0.15, -0.1) is 0 Å². The first-order chi connectivity index (χ1) is 13.1. The van der Waals surface area contributed by atoms with Crippen LogP contribution in [0.4, 0.5) is 0 Å². The minimum absolute atomic E-state index is 0.00914. The van der Waals surface area contributed by atoms with Gasteiger partial charge in [0.2, 0.25) is 5.91 Å². The molecule has 0 spiro atoms. The molecule has 138 valence electrons. The molecule has 0 saturated carbocycles. The minimum atomic E-state index is -0.512. The van der Waals surface area contributed by atoms with Gasteiger partial charge in [0.05, 0.1) is 11.9 Å². The van der Waals surface area contributed by atoms with Gasteiger partial charge >= 0.3 is 5.76 Å². The lowest BCUT2D eigenvalue weighted by Crippen LogP contribution is -2.51. The van der Waals surface area contributed by atoms with Crippen LogP contribution in [0.2, 0.25) is 0 Å². The molecule has 1 aromatic carbocycles. The van der Waals surface area contributed by atoms with E-state index in [9.17, 15) is 14.4 Å². The van der Waals surface area contributed by atoms with Crippen molar-refractivity contribution in [2.75, 3.05) is 26.2 Å². The SMILES string of the molecule is O=C(Cc1ccc2oc(=O)[nH]c2c1)N1CCN(C(=O)c2ccccn2)CC1. The largest absolute Gasteiger partial charge is 0.417 e. The number of aromatic nitrogens is 2. The second-order valence-corrected chi connectivity index (χ2v) is 6.41. The van der Waals surface area contributed by atoms with Crippen LogP contribution < -0.4 is 5.76 Å². The van der Waals surface area contributed by atoms with E-state index in [1.54, 1.807) is 52.4 Å². The van der Waals surface area contributed by atoms with Crippen molar-refractivity contribution in [3.8, 4) is 0 Å². The van der Waals surface area contributed by atoms with Gasteiger partial charge in [-0.05, 0) is 29.8 Å². The van der Waals surface area contributed by atoms with Crippen molar-refractivity contribution in [3.05, 3.63) is 64.4 Å². The Hall–Kier alpha value is -3.42. The molecule has 3 aromatic rings. The number of fused-ring (bicyclic) bond motifs is 1. The Morgan fingerprint density at radius 3 is 2.59 bits per heavy atom. The topological polar surface area (TPSA) is 99.5 Å². The van der Waals surface area contributed by atoms with E-state index in [-0.39, 0.29) is 18.2 Å². The standard InChI is InChI=1S/C19H18N4O4/c24-17(12-13-4-5-16-15(11-13)21-19(26)27-16)22-7-9-23(10-8-22)18(25)14-3-1-2-6-20-14/h1-6,11H,7-10,12H2,(H,21,26). The zero-order chi connectivity index (χ0) is 18.8. The molecule has 4 rings (SSSR count). The summed E-state index contributed by atoms with van der Waals surface area (Å²) in [7, 11) is 0. The maximum Gasteiger partial charge on any atom is 0.417 e. The highest BCUT2D eigenvalue weighted by molar-refractivity contribution is 5.92. The Bertz CT molecular complexity index is 1030. The van der Waals surface area contributed by atoms with Gasteiger partial charge in [-0.25, -0.2) is 4.79 Å². The molecule has 8 nitrogen and oxygen atoms in total. The summed E-state index contributed by atoms with van der Waals surface area (Å²) in [5.74, 6) is -0.635. The first-order valence-electron chi connectivity index (χ1n) is 8.70. The maximum absolute atomic E-state index is 12.6. The van der Waals surface area contributed by atoms with Crippen molar-refractivity contribution >= 4 is 22.9 Å². The molecule has 27 heavy (non-hydrogen) atoms. The van der Waals surface area contributed by atoms with Gasteiger partial charge in [-0.3, -0.25) is 19.6 Å². The van der Waals surface area contributed by atoms with E-state index in [2.05, 4.69) is 9.97 Å². The summed E-state index contributed by atoms with van der Waals surface area (Å²) < 4.78 is 4.97. The summed E-state index contributed by atoms with van der Waals surface area (Å²) in [5.41, 5.74) is 2.27. The molecule has 2 aromatic heterocycles. The molecule has 3 heterocycles. The van der Waals surface area contributed by atoms with Gasteiger partial charge < -0.3 is 14.2 Å². The van der Waals surface area contributed by atoms with Crippen LogP contribution in [-0.4, -0.2) is 57.8 Å². The van der Waals surface area contributed by atoms with Gasteiger partial charge in [-0.2, -0.15) is 0 Å². The van der Waals surface area contributed by atoms with Gasteiger partial charge in [0.1, 0.15) is 5.69 Å². The van der Waals surface area contributed by atoms with Crippen LogP contribution in [0.15, 0.2) is 51.8 Å². The van der Waals surface area contributed by atoms with Crippen molar-refractivity contribution in [2.24, 2.45) is 0 Å². The lowest BCUT2D eigenvalue weighted by atomic mass is 10.1. The Labute approximate surface area is 154 Å². The maximum atomic E-state index is 12.6. The van der Waals surface area contributed by atoms with Crippen molar-refractivity contribution in [1.82, 2.24) is 19.8 Å². The first-order valence-corrected chi connectivity index (χ1v) is 8.70.